The summed E-state index contributed by atoms with van der Waals surface area (Å²) in [5.41, 5.74) is 2.91. The minimum absolute atomic E-state index is 0.0359. The van der Waals surface area contributed by atoms with Crippen molar-refractivity contribution in [2.24, 2.45) is 5.92 Å². The van der Waals surface area contributed by atoms with Crippen molar-refractivity contribution in [2.75, 3.05) is 5.32 Å². The molecule has 5 nitrogen and oxygen atoms in total. The van der Waals surface area contributed by atoms with E-state index in [1.165, 1.54) is 5.56 Å². The molecular weight excluding hydrogens is 350 g/mol. The standard InChI is InChI=1S/C23H27N3O2/c1-4-17-9-11-18(12-10-17)13-24-23(28)25-21-15-26(14-16(2)3)22(27)20-8-6-5-7-19(20)21/h5-12,15-16H,4,13-14H2,1-3H3,(H2,24,25,28). The molecule has 0 atom stereocenters. The zero-order valence-corrected chi connectivity index (χ0v) is 16.7. The monoisotopic (exact) mass is 377 g/mol. The Balaban J connectivity index is 1.79. The second-order valence-corrected chi connectivity index (χ2v) is 7.42. The van der Waals surface area contributed by atoms with Crippen molar-refractivity contribution in [2.45, 2.75) is 40.3 Å². The number of anilines is 1. The SMILES string of the molecule is CCc1ccc(CNC(=O)Nc2cn(CC(C)C)c(=O)c3ccccc23)cc1. The number of amides is 2. The highest BCUT2D eigenvalue weighted by Gasteiger charge is 2.11. The summed E-state index contributed by atoms with van der Waals surface area (Å²) < 4.78 is 1.67. The predicted octanol–water partition coefficient (Wildman–Crippen LogP) is 4.54. The Labute approximate surface area is 165 Å². The number of benzene rings is 2. The number of rotatable bonds is 6. The molecule has 1 heterocycles. The van der Waals surface area contributed by atoms with Gasteiger partial charge >= 0.3 is 6.03 Å². The Morgan fingerprint density at radius 1 is 1.00 bits per heavy atom. The number of carbonyl (C=O) groups excluding carboxylic acids is 1. The summed E-state index contributed by atoms with van der Waals surface area (Å²) >= 11 is 0. The van der Waals surface area contributed by atoms with Gasteiger partial charge in [0.1, 0.15) is 0 Å². The largest absolute Gasteiger partial charge is 0.334 e. The first-order valence-electron chi connectivity index (χ1n) is 9.72. The van der Waals surface area contributed by atoms with Gasteiger partial charge in [-0.15, -0.1) is 0 Å². The number of aryl methyl sites for hydroxylation is 1. The fourth-order valence-electron chi connectivity index (χ4n) is 3.21. The smallest absolute Gasteiger partial charge is 0.319 e. The lowest BCUT2D eigenvalue weighted by atomic mass is 10.1. The van der Waals surface area contributed by atoms with Crippen molar-refractivity contribution < 1.29 is 4.79 Å². The molecule has 0 saturated heterocycles. The highest BCUT2D eigenvalue weighted by atomic mass is 16.2. The van der Waals surface area contributed by atoms with Crippen LogP contribution in [0.5, 0.6) is 0 Å². The Morgan fingerprint density at radius 2 is 1.64 bits per heavy atom. The summed E-state index contributed by atoms with van der Waals surface area (Å²) in [6, 6.07) is 15.3. The van der Waals surface area contributed by atoms with E-state index in [1.807, 2.05) is 30.3 Å². The number of hydrogen-bond donors (Lipinski definition) is 2. The van der Waals surface area contributed by atoms with E-state index >= 15 is 0 Å². The second kappa shape index (κ2) is 8.74. The van der Waals surface area contributed by atoms with Crippen LogP contribution in [0.1, 0.15) is 31.9 Å². The maximum Gasteiger partial charge on any atom is 0.319 e. The first kappa shape index (κ1) is 19.7. The van der Waals surface area contributed by atoms with Gasteiger partial charge in [0.15, 0.2) is 0 Å². The maximum atomic E-state index is 12.7. The zero-order valence-electron chi connectivity index (χ0n) is 16.7. The van der Waals surface area contributed by atoms with Gasteiger partial charge in [-0.3, -0.25) is 4.79 Å². The summed E-state index contributed by atoms with van der Waals surface area (Å²) in [6.45, 7) is 7.28. The summed E-state index contributed by atoms with van der Waals surface area (Å²) in [7, 11) is 0. The first-order chi connectivity index (χ1) is 13.5. The fourth-order valence-corrected chi connectivity index (χ4v) is 3.21. The van der Waals surface area contributed by atoms with E-state index in [4.69, 9.17) is 0 Å². The van der Waals surface area contributed by atoms with Gasteiger partial charge in [0.2, 0.25) is 0 Å². The highest BCUT2D eigenvalue weighted by molar-refractivity contribution is 6.00. The molecule has 2 amide bonds. The molecule has 146 valence electrons. The van der Waals surface area contributed by atoms with Crippen LogP contribution in [0.15, 0.2) is 59.5 Å². The lowest BCUT2D eigenvalue weighted by Crippen LogP contribution is -2.30. The Bertz CT molecular complexity index is 1020. The quantitative estimate of drug-likeness (QED) is 0.662. The molecule has 0 bridgehead atoms. The Hall–Kier alpha value is -3.08. The van der Waals surface area contributed by atoms with Gasteiger partial charge in [-0.2, -0.15) is 0 Å². The molecule has 0 aliphatic rings. The van der Waals surface area contributed by atoms with Crippen LogP contribution in [0.2, 0.25) is 0 Å². The molecule has 0 aliphatic carbocycles. The molecule has 0 spiro atoms. The van der Waals surface area contributed by atoms with Gasteiger partial charge in [-0.1, -0.05) is 63.2 Å². The topological polar surface area (TPSA) is 63.1 Å². The molecule has 3 aromatic rings. The average Bonchev–Trinajstić information content (AvgIpc) is 2.70. The molecule has 0 saturated carbocycles. The minimum atomic E-state index is -0.292. The molecule has 0 aliphatic heterocycles. The molecule has 5 heteroatoms. The maximum absolute atomic E-state index is 12.7. The van der Waals surface area contributed by atoms with Crippen molar-refractivity contribution in [1.82, 2.24) is 9.88 Å². The summed E-state index contributed by atoms with van der Waals surface area (Å²) in [4.78, 5) is 25.2. The molecule has 2 aromatic carbocycles. The molecule has 2 N–H and O–H groups in total. The molecule has 3 rings (SSSR count). The number of fused-ring (bicyclic) bond motifs is 1. The van der Waals surface area contributed by atoms with Gasteiger partial charge in [0.05, 0.1) is 5.69 Å². The van der Waals surface area contributed by atoms with Crippen LogP contribution in [0.4, 0.5) is 10.5 Å². The number of nitrogens with one attached hydrogen (secondary N) is 2. The van der Waals surface area contributed by atoms with E-state index in [9.17, 15) is 9.59 Å². The first-order valence-corrected chi connectivity index (χ1v) is 9.72. The van der Waals surface area contributed by atoms with E-state index < -0.39 is 0 Å². The summed E-state index contributed by atoms with van der Waals surface area (Å²) in [5.74, 6) is 0.326. The van der Waals surface area contributed by atoms with Crippen molar-refractivity contribution in [1.29, 1.82) is 0 Å². The normalized spacial score (nSPS) is 11.0. The number of aromatic nitrogens is 1. The molecule has 28 heavy (non-hydrogen) atoms. The van der Waals surface area contributed by atoms with Gasteiger partial charge < -0.3 is 15.2 Å². The molecule has 1 aromatic heterocycles. The van der Waals surface area contributed by atoms with Gasteiger partial charge in [-0.05, 0) is 29.5 Å². The number of urea groups is 1. The van der Waals surface area contributed by atoms with Crippen molar-refractivity contribution >= 4 is 22.5 Å². The summed E-state index contributed by atoms with van der Waals surface area (Å²) in [5, 5.41) is 7.15. The number of pyridine rings is 1. The lowest BCUT2D eigenvalue weighted by Gasteiger charge is -2.15. The van der Waals surface area contributed by atoms with Crippen molar-refractivity contribution in [3.8, 4) is 0 Å². The van der Waals surface area contributed by atoms with Crippen LogP contribution >= 0.6 is 0 Å². The molecule has 0 radical (unpaired) electrons. The third-order valence-corrected chi connectivity index (χ3v) is 4.69. The number of hydrogen-bond acceptors (Lipinski definition) is 2. The minimum Gasteiger partial charge on any atom is -0.334 e. The lowest BCUT2D eigenvalue weighted by molar-refractivity contribution is 0.251. The molecular formula is C23H27N3O2. The average molecular weight is 377 g/mol. The zero-order chi connectivity index (χ0) is 20.1. The van der Waals surface area contributed by atoms with E-state index in [2.05, 4.69) is 43.5 Å². The van der Waals surface area contributed by atoms with Crippen LogP contribution < -0.4 is 16.2 Å². The fraction of sp³-hybridized carbons (Fsp3) is 0.304. The van der Waals surface area contributed by atoms with Crippen LogP contribution in [0, 0.1) is 5.92 Å². The Morgan fingerprint density at radius 3 is 2.29 bits per heavy atom. The van der Waals surface area contributed by atoms with Gasteiger partial charge in [0.25, 0.3) is 5.56 Å². The van der Waals surface area contributed by atoms with Crippen LogP contribution in [0.3, 0.4) is 0 Å². The van der Waals surface area contributed by atoms with Crippen molar-refractivity contribution in [3.63, 3.8) is 0 Å². The molecule has 0 unspecified atom stereocenters. The Kier molecular flexibility index (Phi) is 6.14. The van der Waals surface area contributed by atoms with E-state index in [0.29, 0.717) is 30.1 Å². The van der Waals surface area contributed by atoms with Gasteiger partial charge in [-0.25, -0.2) is 4.79 Å². The third-order valence-electron chi connectivity index (χ3n) is 4.69. The van der Waals surface area contributed by atoms with Gasteiger partial charge in [0, 0.05) is 30.1 Å². The van der Waals surface area contributed by atoms with E-state index in [1.54, 1.807) is 16.8 Å². The van der Waals surface area contributed by atoms with E-state index in [-0.39, 0.29) is 11.6 Å². The van der Waals surface area contributed by atoms with E-state index in [0.717, 1.165) is 17.4 Å². The van der Waals surface area contributed by atoms with Crippen LogP contribution in [-0.2, 0) is 19.5 Å². The highest BCUT2D eigenvalue weighted by Crippen LogP contribution is 2.20. The second-order valence-electron chi connectivity index (χ2n) is 7.42. The third kappa shape index (κ3) is 4.60. The number of nitrogens with zero attached hydrogens (tertiary/aromatic N) is 1. The van der Waals surface area contributed by atoms with Crippen LogP contribution in [0.25, 0.3) is 10.8 Å². The summed E-state index contributed by atoms with van der Waals surface area (Å²) in [6.07, 6.45) is 2.73. The van der Waals surface area contributed by atoms with Crippen LogP contribution in [-0.4, -0.2) is 10.6 Å². The molecule has 0 fully saturated rings. The number of carbonyl (C=O) groups is 1. The predicted molar refractivity (Wildman–Crippen MR) is 115 cm³/mol. The van der Waals surface area contributed by atoms with Crippen molar-refractivity contribution in [3.05, 3.63) is 76.2 Å².